The zero-order valence-corrected chi connectivity index (χ0v) is 17.5. The third kappa shape index (κ3) is 5.56. The molecule has 0 saturated heterocycles. The Morgan fingerprint density at radius 2 is 1.52 bits per heavy atom. The number of nitrogens with one attached hydrogen (secondary N) is 2. The quantitative estimate of drug-likeness (QED) is 0.501. The molecule has 0 spiro atoms. The highest BCUT2D eigenvalue weighted by atomic mass is 19.4. The van der Waals surface area contributed by atoms with Crippen molar-refractivity contribution >= 4 is 12.2 Å². The standard InChI is InChI=1S/C20H21F9N2O2/c1-16(2,3)33-15(32)31-14-12-7-5-4-6-11(12)8-9-13(14)30-10-17(21,22)18(23,24)19(25,26)20(27,28)29/h4-9,13-14,30H,10H2,1-3H3,(H,31,32)/t13-,14-/m1/s1. The monoisotopic (exact) mass is 492 g/mol. The third-order valence-corrected chi connectivity index (χ3v) is 4.62. The van der Waals surface area contributed by atoms with Crippen LogP contribution < -0.4 is 10.6 Å². The van der Waals surface area contributed by atoms with Crippen molar-refractivity contribution in [3.05, 3.63) is 41.5 Å². The second kappa shape index (κ2) is 8.73. The molecular formula is C20H21F9N2O2. The van der Waals surface area contributed by atoms with Gasteiger partial charge in [0, 0.05) is 0 Å². The Morgan fingerprint density at radius 3 is 2.06 bits per heavy atom. The van der Waals surface area contributed by atoms with Crippen molar-refractivity contribution in [1.82, 2.24) is 10.6 Å². The van der Waals surface area contributed by atoms with Crippen LogP contribution in [-0.2, 0) is 4.74 Å². The Balaban J connectivity index is 2.28. The molecule has 0 aromatic heterocycles. The van der Waals surface area contributed by atoms with E-state index in [0.717, 1.165) is 0 Å². The second-order valence-corrected chi connectivity index (χ2v) is 8.37. The second-order valence-electron chi connectivity index (χ2n) is 8.37. The molecule has 0 bridgehead atoms. The van der Waals surface area contributed by atoms with Crippen molar-refractivity contribution in [2.75, 3.05) is 6.54 Å². The number of alkyl carbamates (subject to hydrolysis) is 1. The lowest BCUT2D eigenvalue weighted by Crippen LogP contribution is -2.64. The Morgan fingerprint density at radius 1 is 0.939 bits per heavy atom. The highest BCUT2D eigenvalue weighted by Gasteiger charge is 2.81. The summed E-state index contributed by atoms with van der Waals surface area (Å²) in [5, 5.41) is 4.24. The van der Waals surface area contributed by atoms with E-state index < -0.39 is 54.3 Å². The van der Waals surface area contributed by atoms with Crippen molar-refractivity contribution in [3.8, 4) is 0 Å². The molecule has 1 aliphatic rings. The molecular weight excluding hydrogens is 471 g/mol. The molecule has 13 heteroatoms. The van der Waals surface area contributed by atoms with E-state index in [1.54, 1.807) is 32.9 Å². The van der Waals surface area contributed by atoms with Gasteiger partial charge in [-0.25, -0.2) is 4.79 Å². The Bertz CT molecular complexity index is 892. The summed E-state index contributed by atoms with van der Waals surface area (Å²) in [5.74, 6) is -19.5. The summed E-state index contributed by atoms with van der Waals surface area (Å²) >= 11 is 0. The van der Waals surface area contributed by atoms with Gasteiger partial charge in [0.05, 0.1) is 18.6 Å². The molecule has 2 atom stereocenters. The minimum atomic E-state index is -6.98. The molecule has 1 aromatic rings. The lowest BCUT2D eigenvalue weighted by molar-refractivity contribution is -0.394. The summed E-state index contributed by atoms with van der Waals surface area (Å²) in [4.78, 5) is 12.2. The molecule has 0 unspecified atom stereocenters. The van der Waals surface area contributed by atoms with Crippen LogP contribution in [0.4, 0.5) is 44.3 Å². The number of alkyl halides is 9. The van der Waals surface area contributed by atoms with Crippen LogP contribution in [0.3, 0.4) is 0 Å². The van der Waals surface area contributed by atoms with Gasteiger partial charge in [-0.3, -0.25) is 0 Å². The predicted octanol–water partition coefficient (Wildman–Crippen LogP) is 5.71. The van der Waals surface area contributed by atoms with E-state index in [0.29, 0.717) is 11.1 Å². The van der Waals surface area contributed by atoms with Crippen LogP contribution in [0.5, 0.6) is 0 Å². The van der Waals surface area contributed by atoms with E-state index >= 15 is 0 Å². The lowest BCUT2D eigenvalue weighted by atomic mass is 9.89. The first-order valence-corrected chi connectivity index (χ1v) is 9.50. The average Bonchev–Trinajstić information content (AvgIpc) is 2.64. The van der Waals surface area contributed by atoms with Gasteiger partial charge in [0.1, 0.15) is 5.60 Å². The highest BCUT2D eigenvalue weighted by molar-refractivity contribution is 5.70. The van der Waals surface area contributed by atoms with E-state index in [1.165, 1.54) is 24.3 Å². The first-order chi connectivity index (χ1) is 14.8. The number of ether oxygens (including phenoxy) is 1. The normalized spacial score (nSPS) is 19.8. The number of halogens is 9. The van der Waals surface area contributed by atoms with Gasteiger partial charge in [-0.05, 0) is 31.9 Å². The van der Waals surface area contributed by atoms with Crippen LogP contribution in [0.1, 0.15) is 37.9 Å². The first-order valence-electron chi connectivity index (χ1n) is 9.50. The number of amides is 1. The number of fused-ring (bicyclic) bond motifs is 1. The van der Waals surface area contributed by atoms with Crippen LogP contribution in [0.2, 0.25) is 0 Å². The van der Waals surface area contributed by atoms with Crippen molar-refractivity contribution in [2.45, 2.75) is 62.4 Å². The molecule has 0 aliphatic heterocycles. The fourth-order valence-corrected chi connectivity index (χ4v) is 3.01. The van der Waals surface area contributed by atoms with E-state index in [1.807, 2.05) is 5.32 Å². The van der Waals surface area contributed by atoms with Crippen LogP contribution in [0.15, 0.2) is 30.3 Å². The molecule has 33 heavy (non-hydrogen) atoms. The zero-order chi connectivity index (χ0) is 25.5. The number of hydrogen-bond acceptors (Lipinski definition) is 3. The molecule has 1 aliphatic carbocycles. The number of carbonyl (C=O) groups excluding carboxylic acids is 1. The fraction of sp³-hybridized carbons (Fsp3) is 0.550. The topological polar surface area (TPSA) is 50.4 Å². The van der Waals surface area contributed by atoms with E-state index in [-0.39, 0.29) is 0 Å². The SMILES string of the molecule is CC(C)(C)OC(=O)N[C@@H]1c2ccccc2C=C[C@H]1NCC(F)(F)C(F)(F)C(F)(F)C(F)(F)F. The van der Waals surface area contributed by atoms with Crippen molar-refractivity contribution in [1.29, 1.82) is 0 Å². The van der Waals surface area contributed by atoms with Gasteiger partial charge >= 0.3 is 30.0 Å². The molecule has 0 heterocycles. The van der Waals surface area contributed by atoms with Gasteiger partial charge in [0.2, 0.25) is 0 Å². The molecule has 0 saturated carbocycles. The molecule has 2 rings (SSSR count). The number of benzene rings is 1. The Kier molecular flexibility index (Phi) is 7.09. The molecule has 0 radical (unpaired) electrons. The van der Waals surface area contributed by atoms with Crippen LogP contribution in [-0.4, -0.2) is 48.2 Å². The molecule has 0 fully saturated rings. The largest absolute Gasteiger partial charge is 0.460 e. The molecule has 2 N–H and O–H groups in total. The summed E-state index contributed by atoms with van der Waals surface area (Å²) in [6.45, 7) is 2.39. The maximum absolute atomic E-state index is 14.0. The maximum atomic E-state index is 14.0. The van der Waals surface area contributed by atoms with Gasteiger partial charge in [-0.1, -0.05) is 36.4 Å². The Hall–Kier alpha value is -2.44. The van der Waals surface area contributed by atoms with Crippen molar-refractivity contribution in [3.63, 3.8) is 0 Å². The molecule has 1 amide bonds. The number of rotatable bonds is 6. The summed E-state index contributed by atoms with van der Waals surface area (Å²) in [6.07, 6.45) is -5.32. The van der Waals surface area contributed by atoms with E-state index in [9.17, 15) is 44.3 Å². The fourth-order valence-electron chi connectivity index (χ4n) is 3.01. The van der Waals surface area contributed by atoms with Crippen LogP contribution >= 0.6 is 0 Å². The smallest absolute Gasteiger partial charge is 0.444 e. The number of hydrogen-bond donors (Lipinski definition) is 2. The minimum Gasteiger partial charge on any atom is -0.444 e. The average molecular weight is 492 g/mol. The first kappa shape index (κ1) is 26.8. The minimum absolute atomic E-state index is 0.346. The molecule has 4 nitrogen and oxygen atoms in total. The summed E-state index contributed by atoms with van der Waals surface area (Å²) in [7, 11) is 0. The summed E-state index contributed by atoms with van der Waals surface area (Å²) in [6, 6.07) is 3.68. The third-order valence-electron chi connectivity index (χ3n) is 4.62. The van der Waals surface area contributed by atoms with Gasteiger partial charge in [0.15, 0.2) is 0 Å². The molecule has 186 valence electrons. The zero-order valence-electron chi connectivity index (χ0n) is 17.5. The Labute approximate surface area is 183 Å². The maximum Gasteiger partial charge on any atom is 0.460 e. The van der Waals surface area contributed by atoms with Crippen molar-refractivity contribution < 1.29 is 49.0 Å². The lowest BCUT2D eigenvalue weighted by Gasteiger charge is -2.36. The summed E-state index contributed by atoms with van der Waals surface area (Å²) < 4.78 is 123. The molecule has 1 aromatic carbocycles. The van der Waals surface area contributed by atoms with Gasteiger partial charge in [0.25, 0.3) is 0 Å². The predicted molar refractivity (Wildman–Crippen MR) is 100 cm³/mol. The number of carbonyl (C=O) groups is 1. The van der Waals surface area contributed by atoms with Gasteiger partial charge in [-0.2, -0.15) is 39.5 Å². The van der Waals surface area contributed by atoms with Crippen LogP contribution in [0.25, 0.3) is 6.08 Å². The van der Waals surface area contributed by atoms with Gasteiger partial charge in [-0.15, -0.1) is 0 Å². The van der Waals surface area contributed by atoms with Crippen LogP contribution in [0, 0.1) is 0 Å². The van der Waals surface area contributed by atoms with E-state index in [4.69, 9.17) is 4.74 Å². The highest BCUT2D eigenvalue weighted by Crippen LogP contribution is 2.52. The van der Waals surface area contributed by atoms with Crippen molar-refractivity contribution in [2.24, 2.45) is 0 Å². The van der Waals surface area contributed by atoms with E-state index in [2.05, 4.69) is 5.32 Å². The van der Waals surface area contributed by atoms with Gasteiger partial charge < -0.3 is 15.4 Å². The summed E-state index contributed by atoms with van der Waals surface area (Å²) in [5.41, 5.74) is -0.0775.